The zero-order valence-corrected chi connectivity index (χ0v) is 11.0. The molecule has 0 unspecified atom stereocenters. The number of rotatable bonds is 4. The van der Waals surface area contributed by atoms with Gasteiger partial charge in [0.2, 0.25) is 0 Å². The van der Waals surface area contributed by atoms with Crippen molar-refractivity contribution in [3.05, 3.63) is 0 Å². The normalized spacial score (nSPS) is 25.5. The largest absolute Gasteiger partial charge is 0.465 e. The number of nitrogens with two attached hydrogens (primary N) is 1. The number of amides is 1. The second kappa shape index (κ2) is 6.47. The third-order valence-electron chi connectivity index (χ3n) is 3.44. The standard InChI is InChI=1S/C12H23N3O3/c1-8(2)5-10-6-9(7-11(13)14-18)3-4-15(10)12(16)17/h8-10,18H,3-7H2,1-2H3,(H2,13,14)(H,16,17)/t9-,10-/m0/s1. The van der Waals surface area contributed by atoms with Crippen LogP contribution in [0.15, 0.2) is 5.16 Å². The molecule has 6 nitrogen and oxygen atoms in total. The van der Waals surface area contributed by atoms with E-state index in [-0.39, 0.29) is 11.9 Å². The van der Waals surface area contributed by atoms with Crippen molar-refractivity contribution >= 4 is 11.9 Å². The molecule has 0 aromatic carbocycles. The van der Waals surface area contributed by atoms with Crippen LogP contribution in [-0.4, -0.2) is 39.7 Å². The number of hydrogen-bond acceptors (Lipinski definition) is 3. The second-order valence-electron chi connectivity index (χ2n) is 5.45. The molecule has 0 bridgehead atoms. The average Bonchev–Trinajstić information content (AvgIpc) is 2.27. The first kappa shape index (κ1) is 14.6. The number of nitrogens with zero attached hydrogens (tertiary/aromatic N) is 2. The topological polar surface area (TPSA) is 99.2 Å². The number of hydrogen-bond donors (Lipinski definition) is 3. The van der Waals surface area contributed by atoms with Gasteiger partial charge in [0.05, 0.1) is 0 Å². The molecule has 1 rings (SSSR count). The first-order valence-corrected chi connectivity index (χ1v) is 6.40. The minimum Gasteiger partial charge on any atom is -0.465 e. The van der Waals surface area contributed by atoms with E-state index < -0.39 is 6.09 Å². The Balaban J connectivity index is 2.63. The lowest BCUT2D eigenvalue weighted by Gasteiger charge is -2.38. The summed E-state index contributed by atoms with van der Waals surface area (Å²) in [4.78, 5) is 12.7. The van der Waals surface area contributed by atoms with Gasteiger partial charge in [-0.05, 0) is 31.1 Å². The lowest BCUT2D eigenvalue weighted by molar-refractivity contribution is 0.0822. The van der Waals surface area contributed by atoms with E-state index in [1.165, 1.54) is 4.90 Å². The van der Waals surface area contributed by atoms with Crippen LogP contribution < -0.4 is 5.73 Å². The van der Waals surface area contributed by atoms with Crippen LogP contribution in [0.1, 0.15) is 39.5 Å². The highest BCUT2D eigenvalue weighted by molar-refractivity contribution is 5.79. The van der Waals surface area contributed by atoms with Crippen LogP contribution in [0.4, 0.5) is 4.79 Å². The van der Waals surface area contributed by atoms with Crippen molar-refractivity contribution in [3.8, 4) is 0 Å². The van der Waals surface area contributed by atoms with E-state index in [0.29, 0.717) is 24.8 Å². The van der Waals surface area contributed by atoms with Crippen LogP contribution in [0.5, 0.6) is 0 Å². The first-order valence-electron chi connectivity index (χ1n) is 6.40. The van der Waals surface area contributed by atoms with Crippen LogP contribution in [0.2, 0.25) is 0 Å². The second-order valence-corrected chi connectivity index (χ2v) is 5.45. The van der Waals surface area contributed by atoms with Crippen LogP contribution in [0, 0.1) is 11.8 Å². The molecule has 0 radical (unpaired) electrons. The molecule has 104 valence electrons. The Morgan fingerprint density at radius 3 is 2.72 bits per heavy atom. The van der Waals surface area contributed by atoms with E-state index in [1.807, 2.05) is 0 Å². The molecular weight excluding hydrogens is 234 g/mol. The Hall–Kier alpha value is -1.46. The number of carboxylic acid groups (broad SMARTS) is 1. The molecule has 0 aliphatic carbocycles. The van der Waals surface area contributed by atoms with Crippen LogP contribution >= 0.6 is 0 Å². The van der Waals surface area contributed by atoms with Gasteiger partial charge >= 0.3 is 6.09 Å². The van der Waals surface area contributed by atoms with Gasteiger partial charge in [0.15, 0.2) is 0 Å². The molecule has 2 atom stereocenters. The molecule has 4 N–H and O–H groups in total. The van der Waals surface area contributed by atoms with Gasteiger partial charge in [-0.25, -0.2) is 4.79 Å². The Bertz CT molecular complexity index is 318. The van der Waals surface area contributed by atoms with Crippen molar-refractivity contribution in [2.75, 3.05) is 6.54 Å². The zero-order chi connectivity index (χ0) is 13.7. The maximum atomic E-state index is 11.2. The third-order valence-corrected chi connectivity index (χ3v) is 3.44. The molecule has 1 saturated heterocycles. The van der Waals surface area contributed by atoms with Gasteiger partial charge in [-0.3, -0.25) is 0 Å². The van der Waals surface area contributed by atoms with Crippen LogP contribution in [0.25, 0.3) is 0 Å². The zero-order valence-electron chi connectivity index (χ0n) is 11.0. The van der Waals surface area contributed by atoms with Crippen LogP contribution in [-0.2, 0) is 0 Å². The number of likely N-dealkylation sites (tertiary alicyclic amines) is 1. The summed E-state index contributed by atoms with van der Waals surface area (Å²) >= 11 is 0. The lowest BCUT2D eigenvalue weighted by atomic mass is 9.85. The number of piperidine rings is 1. The van der Waals surface area contributed by atoms with Crippen molar-refractivity contribution in [2.24, 2.45) is 22.7 Å². The fourth-order valence-corrected chi connectivity index (χ4v) is 2.68. The molecule has 18 heavy (non-hydrogen) atoms. The Kier molecular flexibility index (Phi) is 5.25. The predicted octanol–water partition coefficient (Wildman–Crippen LogP) is 1.93. The van der Waals surface area contributed by atoms with Gasteiger partial charge in [0, 0.05) is 19.0 Å². The third kappa shape index (κ3) is 4.09. The Morgan fingerprint density at radius 1 is 1.56 bits per heavy atom. The number of carbonyl (C=O) groups is 1. The summed E-state index contributed by atoms with van der Waals surface area (Å²) in [5.41, 5.74) is 5.52. The van der Waals surface area contributed by atoms with Gasteiger partial charge in [-0.15, -0.1) is 0 Å². The lowest BCUT2D eigenvalue weighted by Crippen LogP contribution is -2.46. The highest BCUT2D eigenvalue weighted by Crippen LogP contribution is 2.29. The Morgan fingerprint density at radius 2 is 2.22 bits per heavy atom. The van der Waals surface area contributed by atoms with E-state index in [9.17, 15) is 9.90 Å². The minimum absolute atomic E-state index is 0.0488. The van der Waals surface area contributed by atoms with E-state index in [0.717, 1.165) is 19.3 Å². The molecule has 0 spiro atoms. The van der Waals surface area contributed by atoms with E-state index >= 15 is 0 Å². The summed E-state index contributed by atoms with van der Waals surface area (Å²) in [5.74, 6) is 0.992. The van der Waals surface area contributed by atoms with Gasteiger partial charge in [0.25, 0.3) is 0 Å². The predicted molar refractivity (Wildman–Crippen MR) is 68.7 cm³/mol. The summed E-state index contributed by atoms with van der Waals surface area (Å²) in [6.07, 6.45) is 2.12. The first-order chi connectivity index (χ1) is 8.43. The van der Waals surface area contributed by atoms with Gasteiger partial charge < -0.3 is 20.9 Å². The van der Waals surface area contributed by atoms with E-state index in [1.54, 1.807) is 0 Å². The summed E-state index contributed by atoms with van der Waals surface area (Å²) in [7, 11) is 0. The van der Waals surface area contributed by atoms with Crippen molar-refractivity contribution < 1.29 is 15.1 Å². The van der Waals surface area contributed by atoms with Crippen molar-refractivity contribution in [2.45, 2.75) is 45.6 Å². The molecule has 6 heteroatoms. The summed E-state index contributed by atoms with van der Waals surface area (Å²) in [6.45, 7) is 4.72. The highest BCUT2D eigenvalue weighted by atomic mass is 16.4. The maximum absolute atomic E-state index is 11.2. The van der Waals surface area contributed by atoms with E-state index in [2.05, 4.69) is 19.0 Å². The molecule has 0 aromatic heterocycles. The molecule has 0 saturated carbocycles. The van der Waals surface area contributed by atoms with Crippen LogP contribution in [0.3, 0.4) is 0 Å². The molecule has 1 aliphatic heterocycles. The summed E-state index contributed by atoms with van der Waals surface area (Å²) in [5, 5.41) is 20.7. The minimum atomic E-state index is -0.845. The average molecular weight is 257 g/mol. The Labute approximate surface area is 107 Å². The fraction of sp³-hybridized carbons (Fsp3) is 0.833. The number of oxime groups is 1. The molecule has 1 aliphatic rings. The quantitative estimate of drug-likeness (QED) is 0.310. The SMILES string of the molecule is CC(C)C[C@H]1C[C@@H](C/C(N)=N/O)CCN1C(=O)O. The summed E-state index contributed by atoms with van der Waals surface area (Å²) < 4.78 is 0. The smallest absolute Gasteiger partial charge is 0.407 e. The van der Waals surface area contributed by atoms with Crippen molar-refractivity contribution in [1.82, 2.24) is 4.90 Å². The molecule has 1 heterocycles. The number of amidine groups is 1. The monoisotopic (exact) mass is 257 g/mol. The van der Waals surface area contributed by atoms with Gasteiger partial charge in [-0.1, -0.05) is 19.0 Å². The maximum Gasteiger partial charge on any atom is 0.407 e. The van der Waals surface area contributed by atoms with Gasteiger partial charge in [0.1, 0.15) is 5.84 Å². The van der Waals surface area contributed by atoms with Gasteiger partial charge in [-0.2, -0.15) is 0 Å². The molecular formula is C12H23N3O3. The van der Waals surface area contributed by atoms with E-state index in [4.69, 9.17) is 10.9 Å². The van der Waals surface area contributed by atoms with Crippen molar-refractivity contribution in [1.29, 1.82) is 0 Å². The van der Waals surface area contributed by atoms with Crippen molar-refractivity contribution in [3.63, 3.8) is 0 Å². The molecule has 1 fully saturated rings. The molecule has 1 amide bonds. The summed E-state index contributed by atoms with van der Waals surface area (Å²) in [6, 6.07) is 0.0488. The fourth-order valence-electron chi connectivity index (χ4n) is 2.68. The molecule has 0 aromatic rings. The highest BCUT2D eigenvalue weighted by Gasteiger charge is 2.32.